The number of alkyl halides is 3. The molecule has 0 aliphatic carbocycles. The summed E-state index contributed by atoms with van der Waals surface area (Å²) in [5.74, 6) is 0. The molecule has 1 atom stereocenters. The lowest BCUT2D eigenvalue weighted by molar-refractivity contribution is 0.120. The average Bonchev–Trinajstić information content (AvgIpc) is 2.57. The van der Waals surface area contributed by atoms with Crippen LogP contribution in [0.5, 0.6) is 0 Å². The van der Waals surface area contributed by atoms with Crippen LogP contribution in [-0.4, -0.2) is 45.5 Å². The van der Waals surface area contributed by atoms with Crippen LogP contribution in [0.1, 0.15) is 43.9 Å². The first-order valence-electron chi connectivity index (χ1n) is 7.99. The van der Waals surface area contributed by atoms with Crippen LogP contribution in [-0.2, 0) is 0 Å². The molecule has 0 aliphatic rings. The van der Waals surface area contributed by atoms with Gasteiger partial charge in [-0.15, -0.1) is 0 Å². The van der Waals surface area contributed by atoms with Crippen LogP contribution in [0.25, 0.3) is 0 Å². The summed E-state index contributed by atoms with van der Waals surface area (Å²) >= 11 is 18.2. The fourth-order valence-electron chi connectivity index (χ4n) is 2.14. The van der Waals surface area contributed by atoms with Gasteiger partial charge >= 0.3 is 0 Å². The maximum Gasteiger partial charge on any atom is 0.209 e. The van der Waals surface area contributed by atoms with Crippen LogP contribution >= 0.6 is 34.8 Å². The molecule has 4 nitrogen and oxygen atoms in total. The molecule has 1 aromatic rings. The molecule has 0 fully saturated rings. The van der Waals surface area contributed by atoms with E-state index < -0.39 is 15.4 Å². The molecule has 0 heterocycles. The van der Waals surface area contributed by atoms with E-state index in [1.807, 2.05) is 38.1 Å². The highest BCUT2D eigenvalue weighted by atomic mass is 35.6. The van der Waals surface area contributed by atoms with Gasteiger partial charge in [-0.2, -0.15) is 0 Å². The van der Waals surface area contributed by atoms with Gasteiger partial charge in [0.15, 0.2) is 0 Å². The van der Waals surface area contributed by atoms with Gasteiger partial charge < -0.3 is 15.5 Å². The van der Waals surface area contributed by atoms with E-state index in [0.29, 0.717) is 6.42 Å². The Morgan fingerprint density at radius 3 is 2.12 bits per heavy atom. The number of aliphatic hydroxyl groups is 2. The zero-order valence-corrected chi connectivity index (χ0v) is 16.2. The van der Waals surface area contributed by atoms with Gasteiger partial charge in [0.1, 0.15) is 5.54 Å². The molecule has 24 heavy (non-hydrogen) atoms. The third kappa shape index (κ3) is 6.17. The number of nitrogens with zero attached hydrogens (tertiary/aromatic N) is 1. The van der Waals surface area contributed by atoms with Crippen LogP contribution in [0.4, 0.5) is 0 Å². The van der Waals surface area contributed by atoms with E-state index in [2.05, 4.69) is 10.3 Å². The molecule has 0 saturated carbocycles. The molecule has 7 heteroatoms. The molecule has 1 aromatic carbocycles. The molecule has 0 spiro atoms. The first kappa shape index (κ1) is 21.7. The summed E-state index contributed by atoms with van der Waals surface area (Å²) in [5, 5.41) is 22.1. The van der Waals surface area contributed by atoms with Crippen LogP contribution in [0.3, 0.4) is 0 Å². The highest BCUT2D eigenvalue weighted by Gasteiger charge is 2.33. The summed E-state index contributed by atoms with van der Waals surface area (Å²) in [4.78, 5) is 4.33. The van der Waals surface area contributed by atoms with Crippen molar-refractivity contribution < 1.29 is 10.2 Å². The van der Waals surface area contributed by atoms with Crippen LogP contribution in [0.2, 0.25) is 0 Å². The van der Waals surface area contributed by atoms with Gasteiger partial charge in [-0.1, -0.05) is 72.9 Å². The Hall–Kier alpha value is -0.360. The molecule has 3 N–H and O–H groups in total. The monoisotopic (exact) mass is 394 g/mol. The highest BCUT2D eigenvalue weighted by molar-refractivity contribution is 6.68. The average molecular weight is 396 g/mol. The molecule has 0 amide bonds. The van der Waals surface area contributed by atoms with Gasteiger partial charge in [-0.05, 0) is 30.5 Å². The minimum atomic E-state index is -1.45. The second-order valence-corrected chi connectivity index (χ2v) is 8.12. The maximum absolute atomic E-state index is 9.42. The van der Waals surface area contributed by atoms with Gasteiger partial charge in [0.05, 0.1) is 19.3 Å². The molecular weight excluding hydrogens is 371 g/mol. The van der Waals surface area contributed by atoms with Gasteiger partial charge in [-0.3, -0.25) is 4.99 Å². The van der Waals surface area contributed by atoms with Crippen molar-refractivity contribution in [2.75, 3.05) is 19.8 Å². The minimum Gasteiger partial charge on any atom is -0.394 e. The SMILES string of the molecule is CCCN[C@@H](c1ccc(C=NC(CC)(CO)CO)cc1)C(Cl)(Cl)Cl. The summed E-state index contributed by atoms with van der Waals surface area (Å²) in [6.45, 7) is 4.26. The molecule has 0 bridgehead atoms. The summed E-state index contributed by atoms with van der Waals surface area (Å²) in [5.41, 5.74) is 0.866. The molecular formula is C17H25Cl3N2O2. The molecule has 136 valence electrons. The Morgan fingerprint density at radius 2 is 1.71 bits per heavy atom. The third-order valence-electron chi connectivity index (χ3n) is 3.93. The van der Waals surface area contributed by atoms with Crippen molar-refractivity contribution in [2.45, 2.75) is 42.1 Å². The lowest BCUT2D eigenvalue weighted by Crippen LogP contribution is -2.35. The van der Waals surface area contributed by atoms with Crippen molar-refractivity contribution in [3.05, 3.63) is 35.4 Å². The molecule has 0 aliphatic heterocycles. The number of aliphatic imine (C=N–C) groups is 1. The molecule has 1 rings (SSSR count). The van der Waals surface area contributed by atoms with Crippen molar-refractivity contribution in [3.63, 3.8) is 0 Å². The lowest BCUT2D eigenvalue weighted by Gasteiger charge is -2.26. The van der Waals surface area contributed by atoms with Crippen molar-refractivity contribution in [3.8, 4) is 0 Å². The predicted molar refractivity (Wildman–Crippen MR) is 103 cm³/mol. The molecule has 0 unspecified atom stereocenters. The van der Waals surface area contributed by atoms with E-state index in [1.54, 1.807) is 6.21 Å². The number of halogens is 3. The van der Waals surface area contributed by atoms with Crippen molar-refractivity contribution in [1.82, 2.24) is 5.32 Å². The Kier molecular flexibility index (Phi) is 8.99. The Morgan fingerprint density at radius 1 is 1.12 bits per heavy atom. The molecule has 0 aromatic heterocycles. The van der Waals surface area contributed by atoms with E-state index in [4.69, 9.17) is 34.8 Å². The predicted octanol–water partition coefficient (Wildman–Crippen LogP) is 3.65. The standard InChI is InChI=1S/C17H25Cl3N2O2/c1-3-9-21-15(17(18,19)20)14-7-5-13(6-8-14)10-22-16(4-2,11-23)12-24/h5-8,10,15,21,23-24H,3-4,9,11-12H2,1-2H3/t15-/m0/s1. The van der Waals surface area contributed by atoms with Gasteiger partial charge in [0.25, 0.3) is 0 Å². The zero-order valence-electron chi connectivity index (χ0n) is 14.0. The second-order valence-electron chi connectivity index (χ2n) is 5.75. The number of benzene rings is 1. The van der Waals surface area contributed by atoms with E-state index in [1.165, 1.54) is 0 Å². The van der Waals surface area contributed by atoms with E-state index in [9.17, 15) is 10.2 Å². The van der Waals surface area contributed by atoms with Crippen molar-refractivity contribution in [1.29, 1.82) is 0 Å². The molecule has 0 radical (unpaired) electrons. The summed E-state index contributed by atoms with van der Waals surface area (Å²) in [6.07, 6.45) is 3.12. The number of rotatable bonds is 9. The Labute approximate surface area is 158 Å². The fourth-order valence-corrected chi connectivity index (χ4v) is 2.75. The first-order chi connectivity index (χ1) is 11.3. The topological polar surface area (TPSA) is 64.9 Å². The van der Waals surface area contributed by atoms with Gasteiger partial charge in [0, 0.05) is 6.21 Å². The largest absolute Gasteiger partial charge is 0.394 e. The fraction of sp³-hybridized carbons (Fsp3) is 0.588. The number of hydrogen-bond donors (Lipinski definition) is 3. The summed E-state index contributed by atoms with van der Waals surface area (Å²) in [7, 11) is 0. The van der Waals surface area contributed by atoms with Crippen LogP contribution < -0.4 is 5.32 Å². The van der Waals surface area contributed by atoms with Gasteiger partial charge in [-0.25, -0.2) is 0 Å². The maximum atomic E-state index is 9.42. The van der Waals surface area contributed by atoms with Crippen LogP contribution in [0.15, 0.2) is 29.3 Å². The number of hydrogen-bond acceptors (Lipinski definition) is 4. The first-order valence-corrected chi connectivity index (χ1v) is 9.12. The smallest absolute Gasteiger partial charge is 0.209 e. The highest BCUT2D eigenvalue weighted by Crippen LogP contribution is 2.39. The molecule has 0 saturated heterocycles. The van der Waals surface area contributed by atoms with Crippen molar-refractivity contribution >= 4 is 41.0 Å². The number of nitrogens with one attached hydrogen (secondary N) is 1. The third-order valence-corrected chi connectivity index (χ3v) is 4.58. The minimum absolute atomic E-state index is 0.204. The van der Waals surface area contributed by atoms with E-state index in [0.717, 1.165) is 24.1 Å². The normalized spacial score (nSPS) is 14.3. The van der Waals surface area contributed by atoms with E-state index in [-0.39, 0.29) is 13.2 Å². The van der Waals surface area contributed by atoms with Crippen molar-refractivity contribution in [2.24, 2.45) is 4.99 Å². The number of aliphatic hydroxyl groups excluding tert-OH is 2. The summed E-state index contributed by atoms with van der Waals surface area (Å²) in [6, 6.07) is 7.08. The van der Waals surface area contributed by atoms with Gasteiger partial charge in [0.2, 0.25) is 3.79 Å². The lowest BCUT2D eigenvalue weighted by atomic mass is 9.99. The summed E-state index contributed by atoms with van der Waals surface area (Å²) < 4.78 is -1.45. The zero-order chi connectivity index (χ0) is 18.2. The Bertz CT molecular complexity index is 503. The van der Waals surface area contributed by atoms with E-state index >= 15 is 0 Å². The Balaban J connectivity index is 2.94. The van der Waals surface area contributed by atoms with Crippen LogP contribution in [0, 0.1) is 0 Å². The quantitative estimate of drug-likeness (QED) is 0.442. The second kappa shape index (κ2) is 9.95.